The first-order valence-electron chi connectivity index (χ1n) is 3.85. The van der Waals surface area contributed by atoms with Gasteiger partial charge in [-0.1, -0.05) is 0 Å². The van der Waals surface area contributed by atoms with Crippen LogP contribution in [0, 0.1) is 0 Å². The lowest BCUT2D eigenvalue weighted by Gasteiger charge is -2.11. The Kier molecular flexibility index (Phi) is 3.28. The fraction of sp³-hybridized carbons (Fsp3) is 0.222. The second-order valence-corrected chi connectivity index (χ2v) is 3.24. The van der Waals surface area contributed by atoms with E-state index < -0.39 is 23.3 Å². The van der Waals surface area contributed by atoms with E-state index in [1.165, 1.54) is 6.07 Å². The molecule has 0 heterocycles. The van der Waals surface area contributed by atoms with Gasteiger partial charge in [0.2, 0.25) is 0 Å². The number of esters is 1. The topological polar surface area (TPSA) is 26.3 Å². The summed E-state index contributed by atoms with van der Waals surface area (Å²) >= 11 is 3.78. The largest absolute Gasteiger partial charge is 0.465 e. The average molecular weight is 236 g/mol. The number of carbonyl (C=O) groups is 1. The molecular formula is C9H7F3O2S. The molecule has 82 valence electrons. The van der Waals surface area contributed by atoms with Crippen molar-refractivity contribution >= 4 is 18.6 Å². The third kappa shape index (κ3) is 2.65. The van der Waals surface area contributed by atoms with Crippen LogP contribution in [0.15, 0.2) is 23.1 Å². The van der Waals surface area contributed by atoms with Crippen molar-refractivity contribution in [3.63, 3.8) is 0 Å². The standard InChI is InChI=1S/C9H7F3O2S/c1-14-8(13)6-3-2-5(15)4-7(6)9(10,11)12/h2-4,15H,1H3. The molecule has 0 fully saturated rings. The third-order valence-electron chi connectivity index (χ3n) is 1.71. The summed E-state index contributed by atoms with van der Waals surface area (Å²) in [5, 5.41) is 0. The number of alkyl halides is 3. The first-order valence-corrected chi connectivity index (χ1v) is 4.29. The van der Waals surface area contributed by atoms with E-state index in [4.69, 9.17) is 0 Å². The Hall–Kier alpha value is -1.17. The number of rotatable bonds is 1. The van der Waals surface area contributed by atoms with E-state index in [-0.39, 0.29) is 4.90 Å². The molecule has 0 aliphatic carbocycles. The average Bonchev–Trinajstić information content (AvgIpc) is 2.15. The first kappa shape index (κ1) is 11.9. The molecule has 1 aromatic carbocycles. The molecule has 0 N–H and O–H groups in total. The van der Waals surface area contributed by atoms with Gasteiger partial charge in [-0.2, -0.15) is 13.2 Å². The summed E-state index contributed by atoms with van der Waals surface area (Å²) in [4.78, 5) is 11.2. The minimum absolute atomic E-state index is 0.134. The lowest BCUT2D eigenvalue weighted by molar-refractivity contribution is -0.138. The number of hydrogen-bond acceptors (Lipinski definition) is 3. The smallest absolute Gasteiger partial charge is 0.417 e. The summed E-state index contributed by atoms with van der Waals surface area (Å²) in [7, 11) is 1.02. The number of halogens is 3. The van der Waals surface area contributed by atoms with Crippen LogP contribution in [-0.2, 0) is 10.9 Å². The lowest BCUT2D eigenvalue weighted by Crippen LogP contribution is -2.14. The Labute approximate surface area is 89.5 Å². The molecule has 0 aliphatic rings. The third-order valence-corrected chi connectivity index (χ3v) is 1.99. The maximum atomic E-state index is 12.5. The number of benzene rings is 1. The highest BCUT2D eigenvalue weighted by Gasteiger charge is 2.35. The number of hydrogen-bond donors (Lipinski definition) is 1. The summed E-state index contributed by atoms with van der Waals surface area (Å²) in [5.74, 6) is -1.02. The van der Waals surface area contributed by atoms with E-state index in [2.05, 4.69) is 17.4 Å². The van der Waals surface area contributed by atoms with Gasteiger partial charge in [0.25, 0.3) is 0 Å². The zero-order valence-corrected chi connectivity index (χ0v) is 8.52. The molecule has 1 rings (SSSR count). The van der Waals surface area contributed by atoms with Crippen LogP contribution in [0.2, 0.25) is 0 Å². The Morgan fingerprint density at radius 3 is 2.47 bits per heavy atom. The molecule has 0 atom stereocenters. The van der Waals surface area contributed by atoms with Crippen molar-refractivity contribution in [1.82, 2.24) is 0 Å². The van der Waals surface area contributed by atoms with Gasteiger partial charge in [0, 0.05) is 4.90 Å². The van der Waals surface area contributed by atoms with Crippen molar-refractivity contribution in [3.05, 3.63) is 29.3 Å². The molecule has 0 unspecified atom stereocenters. The number of carbonyl (C=O) groups excluding carboxylic acids is 1. The SMILES string of the molecule is COC(=O)c1ccc(S)cc1C(F)(F)F. The maximum absolute atomic E-state index is 12.5. The Balaban J connectivity index is 3.33. The van der Waals surface area contributed by atoms with Crippen LogP contribution in [0.25, 0.3) is 0 Å². The van der Waals surface area contributed by atoms with Crippen LogP contribution in [0.1, 0.15) is 15.9 Å². The van der Waals surface area contributed by atoms with E-state index >= 15 is 0 Å². The molecule has 2 nitrogen and oxygen atoms in total. The molecule has 6 heteroatoms. The van der Waals surface area contributed by atoms with Gasteiger partial charge >= 0.3 is 12.1 Å². The zero-order chi connectivity index (χ0) is 11.6. The van der Waals surface area contributed by atoms with Crippen molar-refractivity contribution in [2.75, 3.05) is 7.11 Å². The molecule has 0 radical (unpaired) electrons. The minimum Gasteiger partial charge on any atom is -0.465 e. The molecule has 0 aliphatic heterocycles. The fourth-order valence-corrected chi connectivity index (χ4v) is 1.26. The van der Waals surface area contributed by atoms with Crippen LogP contribution in [0.3, 0.4) is 0 Å². The zero-order valence-electron chi connectivity index (χ0n) is 7.63. The number of ether oxygens (including phenoxy) is 1. The van der Waals surface area contributed by atoms with Crippen molar-refractivity contribution in [1.29, 1.82) is 0 Å². The van der Waals surface area contributed by atoms with E-state index in [9.17, 15) is 18.0 Å². The molecule has 0 spiro atoms. The Bertz CT molecular complexity index is 387. The Morgan fingerprint density at radius 1 is 1.40 bits per heavy atom. The molecule has 0 bridgehead atoms. The van der Waals surface area contributed by atoms with Crippen LogP contribution >= 0.6 is 12.6 Å². The predicted octanol–water partition coefficient (Wildman–Crippen LogP) is 2.78. The summed E-state index contributed by atoms with van der Waals surface area (Å²) in [5.41, 5.74) is -1.55. The predicted molar refractivity (Wildman–Crippen MR) is 50.0 cm³/mol. The highest BCUT2D eigenvalue weighted by Crippen LogP contribution is 2.33. The molecule has 0 aromatic heterocycles. The molecule has 0 amide bonds. The minimum atomic E-state index is -4.59. The van der Waals surface area contributed by atoms with Gasteiger partial charge in [-0.15, -0.1) is 12.6 Å². The second-order valence-electron chi connectivity index (χ2n) is 2.72. The van der Waals surface area contributed by atoms with Gasteiger partial charge < -0.3 is 4.74 Å². The van der Waals surface area contributed by atoms with Crippen LogP contribution in [-0.4, -0.2) is 13.1 Å². The van der Waals surface area contributed by atoms with Crippen LogP contribution in [0.4, 0.5) is 13.2 Å². The number of thiol groups is 1. The summed E-state index contributed by atoms with van der Waals surface area (Å²) in [6.07, 6.45) is -4.59. The van der Waals surface area contributed by atoms with Crippen LogP contribution in [0.5, 0.6) is 0 Å². The lowest BCUT2D eigenvalue weighted by atomic mass is 10.1. The maximum Gasteiger partial charge on any atom is 0.417 e. The summed E-state index contributed by atoms with van der Waals surface area (Å²) < 4.78 is 41.7. The summed E-state index contributed by atoms with van der Waals surface area (Å²) in [6.45, 7) is 0. The highest BCUT2D eigenvalue weighted by molar-refractivity contribution is 7.80. The van der Waals surface area contributed by atoms with E-state index in [1.807, 2.05) is 0 Å². The highest BCUT2D eigenvalue weighted by atomic mass is 32.1. The monoisotopic (exact) mass is 236 g/mol. The van der Waals surface area contributed by atoms with Crippen molar-refractivity contribution < 1.29 is 22.7 Å². The summed E-state index contributed by atoms with van der Waals surface area (Å²) in [6, 6.07) is 3.12. The van der Waals surface area contributed by atoms with Crippen molar-refractivity contribution in [3.8, 4) is 0 Å². The van der Waals surface area contributed by atoms with Gasteiger partial charge in [-0.3, -0.25) is 0 Å². The van der Waals surface area contributed by atoms with Crippen LogP contribution < -0.4 is 0 Å². The van der Waals surface area contributed by atoms with Gasteiger partial charge in [0.05, 0.1) is 18.2 Å². The molecule has 15 heavy (non-hydrogen) atoms. The fourth-order valence-electron chi connectivity index (χ4n) is 1.05. The molecule has 0 saturated heterocycles. The van der Waals surface area contributed by atoms with E-state index in [0.717, 1.165) is 19.2 Å². The molecular weight excluding hydrogens is 229 g/mol. The second kappa shape index (κ2) is 4.14. The number of methoxy groups -OCH3 is 1. The van der Waals surface area contributed by atoms with Crippen molar-refractivity contribution in [2.24, 2.45) is 0 Å². The van der Waals surface area contributed by atoms with Gasteiger partial charge in [-0.25, -0.2) is 4.79 Å². The normalized spacial score (nSPS) is 11.3. The van der Waals surface area contributed by atoms with E-state index in [1.54, 1.807) is 0 Å². The molecule has 1 aromatic rings. The first-order chi connectivity index (χ1) is 6.86. The molecule has 0 saturated carbocycles. The van der Waals surface area contributed by atoms with Gasteiger partial charge in [0.15, 0.2) is 0 Å². The Morgan fingerprint density at radius 2 is 2.00 bits per heavy atom. The quantitative estimate of drug-likeness (QED) is 0.599. The van der Waals surface area contributed by atoms with Gasteiger partial charge in [0.1, 0.15) is 0 Å². The van der Waals surface area contributed by atoms with Gasteiger partial charge in [-0.05, 0) is 18.2 Å². The van der Waals surface area contributed by atoms with E-state index in [0.29, 0.717) is 0 Å². The van der Waals surface area contributed by atoms with Crippen molar-refractivity contribution in [2.45, 2.75) is 11.1 Å².